The quantitative estimate of drug-likeness (QED) is 0.628. The lowest BCUT2D eigenvalue weighted by Crippen LogP contribution is -1.87. The van der Waals surface area contributed by atoms with Crippen LogP contribution >= 0.6 is 0 Å². The zero-order valence-corrected chi connectivity index (χ0v) is 5.60. The van der Waals surface area contributed by atoms with Gasteiger partial charge in [0.05, 0.1) is 12.5 Å². The van der Waals surface area contributed by atoms with Crippen LogP contribution in [0.1, 0.15) is 0 Å². The molecular weight excluding hydrogens is 142 g/mol. The average Bonchev–Trinajstić information content (AvgIpc) is 2.58. The number of hydrogen-bond acceptors (Lipinski definition) is 4. The molecule has 0 saturated heterocycles. The van der Waals surface area contributed by atoms with Crippen LogP contribution < -0.4 is 0 Å². The minimum absolute atomic E-state index is 0.609. The van der Waals surface area contributed by atoms with Gasteiger partial charge in [-0.25, -0.2) is 19.9 Å². The van der Waals surface area contributed by atoms with E-state index in [9.17, 15) is 0 Å². The maximum absolute atomic E-state index is 3.93. The Hall–Kier alpha value is -1.78. The predicted molar refractivity (Wildman–Crippen MR) is 37.4 cm³/mol. The lowest BCUT2D eigenvalue weighted by molar-refractivity contribution is 1.05. The summed E-state index contributed by atoms with van der Waals surface area (Å²) in [5, 5.41) is 0. The molecule has 1 N–H and O–H groups in total. The standard InChI is InChI=1S/C6H5N5/c1-5(9-2-7-1)6-10-3-8-4-11-6/h1-4H,(H,7,9). The van der Waals surface area contributed by atoms with E-state index in [-0.39, 0.29) is 0 Å². The van der Waals surface area contributed by atoms with Crippen LogP contribution in [0, 0.1) is 0 Å². The maximum atomic E-state index is 3.93. The third-order valence-corrected chi connectivity index (χ3v) is 1.23. The van der Waals surface area contributed by atoms with Gasteiger partial charge in [-0.3, -0.25) is 0 Å². The average molecular weight is 147 g/mol. The minimum atomic E-state index is 0.609. The van der Waals surface area contributed by atoms with Gasteiger partial charge in [-0.15, -0.1) is 0 Å². The molecule has 0 aromatic carbocycles. The minimum Gasteiger partial charge on any atom is -0.342 e. The normalized spacial score (nSPS) is 9.82. The molecule has 2 heterocycles. The second kappa shape index (κ2) is 2.45. The second-order valence-electron chi connectivity index (χ2n) is 1.93. The molecule has 2 aromatic heterocycles. The molecule has 0 fully saturated rings. The molecule has 0 spiro atoms. The van der Waals surface area contributed by atoms with Crippen molar-refractivity contribution in [2.75, 3.05) is 0 Å². The molecule has 0 unspecified atom stereocenters. The fraction of sp³-hybridized carbons (Fsp3) is 0. The smallest absolute Gasteiger partial charge is 0.180 e. The maximum Gasteiger partial charge on any atom is 0.180 e. The Kier molecular flexibility index (Phi) is 1.33. The van der Waals surface area contributed by atoms with Gasteiger partial charge in [0.2, 0.25) is 0 Å². The summed E-state index contributed by atoms with van der Waals surface area (Å²) in [4.78, 5) is 18.3. The van der Waals surface area contributed by atoms with E-state index in [0.29, 0.717) is 5.82 Å². The summed E-state index contributed by atoms with van der Waals surface area (Å²) < 4.78 is 0. The van der Waals surface area contributed by atoms with E-state index < -0.39 is 0 Å². The predicted octanol–water partition coefficient (Wildman–Crippen LogP) is 0.262. The number of aromatic nitrogens is 5. The van der Waals surface area contributed by atoms with Gasteiger partial charge in [-0.1, -0.05) is 0 Å². The number of H-pyrrole nitrogens is 1. The first-order chi connectivity index (χ1) is 5.47. The van der Waals surface area contributed by atoms with Gasteiger partial charge < -0.3 is 4.98 Å². The fourth-order valence-corrected chi connectivity index (χ4v) is 0.756. The van der Waals surface area contributed by atoms with Crippen LogP contribution in [0.4, 0.5) is 0 Å². The molecule has 0 aliphatic rings. The van der Waals surface area contributed by atoms with Gasteiger partial charge >= 0.3 is 0 Å². The van der Waals surface area contributed by atoms with Crippen molar-refractivity contribution < 1.29 is 0 Å². The number of rotatable bonds is 1. The van der Waals surface area contributed by atoms with Crippen LogP contribution in [0.2, 0.25) is 0 Å². The Morgan fingerprint density at radius 3 is 2.55 bits per heavy atom. The summed E-state index contributed by atoms with van der Waals surface area (Å²) in [6, 6.07) is 0. The van der Waals surface area contributed by atoms with E-state index in [2.05, 4.69) is 24.9 Å². The van der Waals surface area contributed by atoms with Gasteiger partial charge in [-0.05, 0) is 0 Å². The Morgan fingerprint density at radius 1 is 1.09 bits per heavy atom. The van der Waals surface area contributed by atoms with E-state index in [1.807, 2.05) is 0 Å². The first-order valence-electron chi connectivity index (χ1n) is 3.07. The van der Waals surface area contributed by atoms with E-state index in [4.69, 9.17) is 0 Å². The van der Waals surface area contributed by atoms with Crippen LogP contribution in [0.3, 0.4) is 0 Å². The van der Waals surface area contributed by atoms with Gasteiger partial charge in [0.1, 0.15) is 18.3 Å². The fourth-order valence-electron chi connectivity index (χ4n) is 0.756. The topological polar surface area (TPSA) is 67.3 Å². The van der Waals surface area contributed by atoms with Crippen LogP contribution in [0.5, 0.6) is 0 Å². The Bertz CT molecular complexity index is 314. The molecule has 0 bridgehead atoms. The summed E-state index contributed by atoms with van der Waals surface area (Å²) in [5.41, 5.74) is 0.799. The number of imidazole rings is 1. The number of nitrogens with zero attached hydrogens (tertiary/aromatic N) is 4. The summed E-state index contributed by atoms with van der Waals surface area (Å²) >= 11 is 0. The zero-order valence-electron chi connectivity index (χ0n) is 5.60. The van der Waals surface area contributed by atoms with Crippen molar-refractivity contribution >= 4 is 0 Å². The highest BCUT2D eigenvalue weighted by Gasteiger charge is 1.98. The van der Waals surface area contributed by atoms with Crippen molar-refractivity contribution in [2.24, 2.45) is 0 Å². The van der Waals surface area contributed by atoms with Crippen molar-refractivity contribution in [3.63, 3.8) is 0 Å². The molecule has 5 heteroatoms. The molecule has 0 aliphatic carbocycles. The SMILES string of the molecule is c1ncnc(-c2cnc[nH]2)n1. The van der Waals surface area contributed by atoms with E-state index in [1.54, 1.807) is 12.5 Å². The molecule has 0 amide bonds. The highest BCUT2D eigenvalue weighted by molar-refractivity contribution is 5.45. The first kappa shape index (κ1) is 5.96. The molecule has 0 atom stereocenters. The molecule has 2 aromatic rings. The molecule has 0 aliphatic heterocycles. The Balaban J connectivity index is 2.46. The van der Waals surface area contributed by atoms with Gasteiger partial charge in [0, 0.05) is 0 Å². The third-order valence-electron chi connectivity index (χ3n) is 1.23. The summed E-state index contributed by atoms with van der Waals surface area (Å²) in [6.07, 6.45) is 6.14. The number of aromatic amines is 1. The first-order valence-corrected chi connectivity index (χ1v) is 3.07. The van der Waals surface area contributed by atoms with Crippen LogP contribution in [-0.2, 0) is 0 Å². The molecule has 5 nitrogen and oxygen atoms in total. The largest absolute Gasteiger partial charge is 0.342 e. The molecule has 54 valence electrons. The van der Waals surface area contributed by atoms with Gasteiger partial charge in [0.15, 0.2) is 5.82 Å². The van der Waals surface area contributed by atoms with Crippen LogP contribution in [0.25, 0.3) is 11.5 Å². The van der Waals surface area contributed by atoms with Crippen LogP contribution in [-0.4, -0.2) is 24.9 Å². The van der Waals surface area contributed by atoms with Gasteiger partial charge in [0.25, 0.3) is 0 Å². The van der Waals surface area contributed by atoms with E-state index in [1.165, 1.54) is 12.7 Å². The Morgan fingerprint density at radius 2 is 1.91 bits per heavy atom. The zero-order chi connectivity index (χ0) is 7.52. The summed E-state index contributed by atoms with van der Waals surface area (Å²) in [5.74, 6) is 0.609. The molecule has 2 rings (SSSR count). The van der Waals surface area contributed by atoms with Gasteiger partial charge in [-0.2, -0.15) is 0 Å². The summed E-state index contributed by atoms with van der Waals surface area (Å²) in [7, 11) is 0. The van der Waals surface area contributed by atoms with E-state index in [0.717, 1.165) is 5.69 Å². The van der Waals surface area contributed by atoms with Crippen molar-refractivity contribution in [2.45, 2.75) is 0 Å². The van der Waals surface area contributed by atoms with Crippen molar-refractivity contribution in [3.05, 3.63) is 25.2 Å². The second-order valence-corrected chi connectivity index (χ2v) is 1.93. The molecular formula is C6H5N5. The van der Waals surface area contributed by atoms with Crippen molar-refractivity contribution in [1.82, 2.24) is 24.9 Å². The Labute approximate surface area is 62.6 Å². The van der Waals surface area contributed by atoms with Crippen molar-refractivity contribution in [3.8, 4) is 11.5 Å². The summed E-state index contributed by atoms with van der Waals surface area (Å²) in [6.45, 7) is 0. The highest BCUT2D eigenvalue weighted by Crippen LogP contribution is 2.05. The molecule has 0 saturated carbocycles. The van der Waals surface area contributed by atoms with Crippen molar-refractivity contribution in [1.29, 1.82) is 0 Å². The highest BCUT2D eigenvalue weighted by atomic mass is 15.0. The number of nitrogens with one attached hydrogen (secondary N) is 1. The van der Waals surface area contributed by atoms with E-state index >= 15 is 0 Å². The number of hydrogen-bond donors (Lipinski definition) is 1. The molecule has 11 heavy (non-hydrogen) atoms. The molecule has 0 radical (unpaired) electrons. The monoisotopic (exact) mass is 147 g/mol. The van der Waals surface area contributed by atoms with Crippen LogP contribution in [0.15, 0.2) is 25.2 Å². The lowest BCUT2D eigenvalue weighted by atomic mass is 10.4. The third kappa shape index (κ3) is 1.07. The lowest BCUT2D eigenvalue weighted by Gasteiger charge is -1.90.